The van der Waals surface area contributed by atoms with Crippen molar-refractivity contribution < 1.29 is 24.4 Å². The Labute approximate surface area is 179 Å². The maximum absolute atomic E-state index is 10.8. The first kappa shape index (κ1) is 22.4. The van der Waals surface area contributed by atoms with Gasteiger partial charge in [0.1, 0.15) is 17.6 Å². The molecule has 1 aliphatic heterocycles. The lowest BCUT2D eigenvalue weighted by Gasteiger charge is -2.13. The van der Waals surface area contributed by atoms with E-state index in [2.05, 4.69) is 28.4 Å². The van der Waals surface area contributed by atoms with Gasteiger partial charge in [-0.2, -0.15) is 0 Å². The monoisotopic (exact) mass is 426 g/mol. The number of benzene rings is 1. The lowest BCUT2D eigenvalue weighted by atomic mass is 9.79. The summed E-state index contributed by atoms with van der Waals surface area (Å²) in [5, 5.41) is 32.8. The third-order valence-electron chi connectivity index (χ3n) is 4.69. The molecule has 1 atom stereocenters. The topological polar surface area (TPSA) is 140 Å². The first-order chi connectivity index (χ1) is 14.9. The van der Waals surface area contributed by atoms with Gasteiger partial charge in [-0.1, -0.05) is 25.3 Å². The van der Waals surface area contributed by atoms with Crippen molar-refractivity contribution in [2.45, 2.75) is 18.9 Å². The highest BCUT2D eigenvalue weighted by Crippen LogP contribution is 2.27. The van der Waals surface area contributed by atoms with Crippen LogP contribution in [0.5, 0.6) is 0 Å². The molecule has 0 spiro atoms. The Bertz CT molecular complexity index is 986. The number of hydrogen-bond acceptors (Lipinski definition) is 9. The van der Waals surface area contributed by atoms with E-state index in [4.69, 9.17) is 14.5 Å². The van der Waals surface area contributed by atoms with Crippen LogP contribution in [0.15, 0.2) is 37.6 Å². The zero-order valence-electron chi connectivity index (χ0n) is 16.9. The molecular weight excluding hydrogens is 403 g/mol. The molecule has 0 amide bonds. The van der Waals surface area contributed by atoms with Crippen molar-refractivity contribution in [3.63, 3.8) is 0 Å². The Hall–Kier alpha value is -3.28. The van der Waals surface area contributed by atoms with Gasteiger partial charge >= 0.3 is 7.12 Å². The molecule has 0 saturated carbocycles. The van der Waals surface area contributed by atoms with Crippen LogP contribution >= 0.6 is 0 Å². The van der Waals surface area contributed by atoms with E-state index >= 15 is 0 Å². The van der Waals surface area contributed by atoms with Crippen LogP contribution in [0.1, 0.15) is 35.8 Å². The number of aromatic nitrogens is 2. The van der Waals surface area contributed by atoms with Gasteiger partial charge in [-0.15, -0.1) is 0 Å². The van der Waals surface area contributed by atoms with Gasteiger partial charge in [0.2, 0.25) is 12.5 Å². The van der Waals surface area contributed by atoms with Crippen LogP contribution in [-0.2, 0) is 9.39 Å². The van der Waals surface area contributed by atoms with E-state index in [9.17, 15) is 15.1 Å². The van der Waals surface area contributed by atoms with Gasteiger partial charge < -0.3 is 24.8 Å². The maximum atomic E-state index is 10.8. The highest BCUT2D eigenvalue weighted by molar-refractivity contribution is 6.61. The highest BCUT2D eigenvalue weighted by Gasteiger charge is 2.37. The Kier molecular flexibility index (Phi) is 7.34. The van der Waals surface area contributed by atoms with Crippen LogP contribution in [0.4, 0.5) is 11.6 Å². The van der Waals surface area contributed by atoms with Gasteiger partial charge in [-0.25, -0.2) is 9.97 Å². The molecule has 3 N–H and O–H groups in total. The SMILES string of the molecule is C=Cc1cnc(Nc2ccc3c(c2)B(O)OC3C[N+](=O)[O-])nc1C(=C)OCCCCO. The molecule has 10 nitrogen and oxygen atoms in total. The predicted molar refractivity (Wildman–Crippen MR) is 116 cm³/mol. The van der Waals surface area contributed by atoms with Crippen LogP contribution in [-0.4, -0.2) is 51.9 Å². The summed E-state index contributed by atoms with van der Waals surface area (Å²) in [6.45, 7) is 7.74. The first-order valence-electron chi connectivity index (χ1n) is 9.71. The number of nitro groups is 1. The zero-order valence-corrected chi connectivity index (χ0v) is 16.9. The van der Waals surface area contributed by atoms with Crippen LogP contribution in [0, 0.1) is 10.1 Å². The number of nitrogens with zero attached hydrogens (tertiary/aromatic N) is 3. The first-order valence-corrected chi connectivity index (χ1v) is 9.71. The third-order valence-corrected chi connectivity index (χ3v) is 4.69. The summed E-state index contributed by atoms with van der Waals surface area (Å²) in [6, 6.07) is 5.02. The van der Waals surface area contributed by atoms with Gasteiger partial charge in [0.15, 0.2) is 0 Å². The molecule has 162 valence electrons. The molecule has 1 unspecified atom stereocenters. The predicted octanol–water partition coefficient (Wildman–Crippen LogP) is 1.66. The van der Waals surface area contributed by atoms with Crippen LogP contribution < -0.4 is 10.8 Å². The summed E-state index contributed by atoms with van der Waals surface area (Å²) < 4.78 is 10.9. The average Bonchev–Trinajstić information content (AvgIpc) is 3.05. The molecule has 0 bridgehead atoms. The quantitative estimate of drug-likeness (QED) is 0.161. The van der Waals surface area contributed by atoms with Crippen molar-refractivity contribution >= 4 is 36.1 Å². The summed E-state index contributed by atoms with van der Waals surface area (Å²) in [6.07, 6.45) is 3.70. The summed E-state index contributed by atoms with van der Waals surface area (Å²) in [4.78, 5) is 19.0. The summed E-state index contributed by atoms with van der Waals surface area (Å²) in [7, 11) is -1.24. The van der Waals surface area contributed by atoms with Gasteiger partial charge in [0.25, 0.3) is 0 Å². The van der Waals surface area contributed by atoms with Gasteiger partial charge in [0, 0.05) is 29.0 Å². The Morgan fingerprint density at radius 3 is 2.97 bits per heavy atom. The number of ether oxygens (including phenoxy) is 1. The third kappa shape index (κ3) is 5.46. The standard InChI is InChI=1S/C20H23BN4O6/c1-3-14-11-22-20(24-19(14)13(2)30-9-5-4-8-26)23-15-6-7-16-17(10-15)21(27)31-18(16)12-25(28)29/h3,6-7,10-11,18,26-27H,1-2,4-5,8-9,12H2,(H,22,23,24). The smallest absolute Gasteiger partial charge is 0.492 e. The normalized spacial score (nSPS) is 14.8. The summed E-state index contributed by atoms with van der Waals surface area (Å²) in [5.41, 5.74) is 2.74. The second kappa shape index (κ2) is 10.2. The molecule has 0 aliphatic carbocycles. The van der Waals surface area contributed by atoms with Crippen molar-refractivity contribution in [1.29, 1.82) is 0 Å². The zero-order chi connectivity index (χ0) is 22.4. The molecule has 31 heavy (non-hydrogen) atoms. The van der Waals surface area contributed by atoms with Crippen molar-refractivity contribution in [2.24, 2.45) is 0 Å². The van der Waals surface area contributed by atoms with E-state index in [0.717, 1.165) is 0 Å². The summed E-state index contributed by atoms with van der Waals surface area (Å²) >= 11 is 0. The van der Waals surface area contributed by atoms with Gasteiger partial charge in [-0.05, 0) is 36.0 Å². The molecule has 2 heterocycles. The fraction of sp³-hybridized carbons (Fsp3) is 0.300. The van der Waals surface area contributed by atoms with E-state index in [0.29, 0.717) is 53.2 Å². The number of anilines is 2. The van der Waals surface area contributed by atoms with E-state index in [1.165, 1.54) is 0 Å². The minimum Gasteiger partial charge on any atom is -0.492 e. The Balaban J connectivity index is 1.77. The number of hydrogen-bond donors (Lipinski definition) is 3. The number of nitrogens with one attached hydrogen (secondary N) is 1. The number of aliphatic hydroxyl groups is 1. The second-order valence-corrected chi connectivity index (χ2v) is 6.87. The molecule has 0 radical (unpaired) electrons. The highest BCUT2D eigenvalue weighted by atomic mass is 16.6. The minimum absolute atomic E-state index is 0.0998. The van der Waals surface area contributed by atoms with Crippen LogP contribution in [0.2, 0.25) is 0 Å². The molecule has 11 heteroatoms. The van der Waals surface area contributed by atoms with Crippen LogP contribution in [0.3, 0.4) is 0 Å². The Morgan fingerprint density at radius 2 is 2.26 bits per heavy atom. The lowest BCUT2D eigenvalue weighted by molar-refractivity contribution is -0.490. The fourth-order valence-electron chi connectivity index (χ4n) is 3.17. The van der Waals surface area contributed by atoms with Crippen molar-refractivity contribution in [1.82, 2.24) is 9.97 Å². The van der Waals surface area contributed by atoms with E-state index in [-0.39, 0.29) is 12.6 Å². The summed E-state index contributed by atoms with van der Waals surface area (Å²) in [5.74, 6) is 0.634. The molecule has 1 aliphatic rings. The van der Waals surface area contributed by atoms with E-state index in [1.54, 1.807) is 30.5 Å². The fourth-order valence-corrected chi connectivity index (χ4v) is 3.17. The molecule has 1 aromatic carbocycles. The number of aliphatic hydroxyl groups excluding tert-OH is 1. The van der Waals surface area contributed by atoms with Crippen molar-refractivity contribution in [2.75, 3.05) is 25.1 Å². The van der Waals surface area contributed by atoms with Gasteiger partial charge in [0.05, 0.1) is 6.61 Å². The van der Waals surface area contributed by atoms with Gasteiger partial charge in [-0.3, -0.25) is 10.1 Å². The van der Waals surface area contributed by atoms with Crippen LogP contribution in [0.25, 0.3) is 11.8 Å². The number of fused-ring (bicyclic) bond motifs is 1. The Morgan fingerprint density at radius 1 is 1.45 bits per heavy atom. The lowest BCUT2D eigenvalue weighted by Crippen LogP contribution is -2.28. The maximum Gasteiger partial charge on any atom is 0.492 e. The van der Waals surface area contributed by atoms with E-state index in [1.807, 2.05) is 0 Å². The molecular formula is C20H23BN4O6. The molecule has 1 aromatic heterocycles. The number of unbranched alkanes of at least 4 members (excludes halogenated alkanes) is 1. The average molecular weight is 426 g/mol. The molecule has 3 rings (SSSR count). The minimum atomic E-state index is -1.24. The molecule has 2 aromatic rings. The molecule has 0 fully saturated rings. The van der Waals surface area contributed by atoms with Crippen molar-refractivity contribution in [3.8, 4) is 0 Å². The van der Waals surface area contributed by atoms with E-state index < -0.39 is 24.7 Å². The molecule has 0 saturated heterocycles. The largest absolute Gasteiger partial charge is 0.492 e. The second-order valence-electron chi connectivity index (χ2n) is 6.87. The van der Waals surface area contributed by atoms with Crippen molar-refractivity contribution in [3.05, 3.63) is 64.5 Å². The number of rotatable bonds is 11.